The van der Waals surface area contributed by atoms with Crippen LogP contribution in [-0.4, -0.2) is 62.7 Å². The number of benzene rings is 3. The van der Waals surface area contributed by atoms with Gasteiger partial charge in [-0.15, -0.1) is 5.06 Å². The summed E-state index contributed by atoms with van der Waals surface area (Å²) in [6.45, 7) is -0.332. The zero-order valence-electron chi connectivity index (χ0n) is 18.1. The van der Waals surface area contributed by atoms with Gasteiger partial charge in [-0.2, -0.15) is 0 Å². The smallest absolute Gasteiger partial charge is 0.163 e. The molecule has 0 aromatic heterocycles. The Labute approximate surface area is 193 Å². The van der Waals surface area contributed by atoms with Crippen molar-refractivity contribution in [1.29, 1.82) is 0 Å². The highest BCUT2D eigenvalue weighted by molar-refractivity contribution is 5.31. The predicted molar refractivity (Wildman–Crippen MR) is 122 cm³/mol. The first-order valence-corrected chi connectivity index (χ1v) is 11.0. The van der Waals surface area contributed by atoms with E-state index in [1.807, 2.05) is 91.0 Å². The molecule has 1 fully saturated rings. The van der Waals surface area contributed by atoms with Crippen molar-refractivity contribution >= 4 is 0 Å². The molecule has 5 atom stereocenters. The summed E-state index contributed by atoms with van der Waals surface area (Å²) in [7, 11) is 0. The molecule has 7 nitrogen and oxygen atoms in total. The average molecular weight is 452 g/mol. The molecule has 4 N–H and O–H groups in total. The lowest BCUT2D eigenvalue weighted by Gasteiger charge is -2.46. The number of hydroxylamine groups is 2. The lowest BCUT2D eigenvalue weighted by atomic mass is 9.94. The maximum absolute atomic E-state index is 10.9. The number of rotatable bonds is 8. The summed E-state index contributed by atoms with van der Waals surface area (Å²) in [6, 6.07) is 28.3. The van der Waals surface area contributed by atoms with Gasteiger partial charge in [0.1, 0.15) is 24.4 Å². The molecular weight excluding hydrogens is 422 g/mol. The Morgan fingerprint density at radius 1 is 0.727 bits per heavy atom. The average Bonchev–Trinajstić information content (AvgIpc) is 2.87. The maximum atomic E-state index is 10.9. The Morgan fingerprint density at radius 2 is 1.24 bits per heavy atom. The molecule has 7 heteroatoms. The van der Waals surface area contributed by atoms with E-state index in [9.17, 15) is 20.4 Å². The van der Waals surface area contributed by atoms with E-state index in [4.69, 9.17) is 9.57 Å². The molecule has 3 aromatic carbocycles. The lowest BCUT2D eigenvalue weighted by Crippen LogP contribution is -2.63. The van der Waals surface area contributed by atoms with E-state index in [2.05, 4.69) is 0 Å². The normalized spacial score (nSPS) is 25.5. The maximum Gasteiger partial charge on any atom is 0.163 e. The molecule has 2 unspecified atom stereocenters. The molecule has 1 saturated heterocycles. The Balaban J connectivity index is 1.76. The third-order valence-corrected chi connectivity index (χ3v) is 5.83. The van der Waals surface area contributed by atoms with Crippen LogP contribution in [-0.2, 0) is 16.2 Å². The van der Waals surface area contributed by atoms with E-state index in [0.717, 1.165) is 16.7 Å². The molecule has 1 aliphatic heterocycles. The molecule has 0 spiro atoms. The Bertz CT molecular complexity index is 932. The largest absolute Gasteiger partial charge is 0.394 e. The number of aliphatic hydroxyl groups excluding tert-OH is 4. The van der Waals surface area contributed by atoms with Crippen LogP contribution in [0.1, 0.15) is 22.7 Å². The van der Waals surface area contributed by atoms with Crippen molar-refractivity contribution in [3.63, 3.8) is 0 Å². The third-order valence-electron chi connectivity index (χ3n) is 5.83. The minimum atomic E-state index is -1.52. The van der Waals surface area contributed by atoms with Gasteiger partial charge >= 0.3 is 0 Å². The van der Waals surface area contributed by atoms with Gasteiger partial charge in [-0.05, 0) is 16.7 Å². The molecule has 33 heavy (non-hydrogen) atoms. The Hall–Kier alpha value is -2.62. The summed E-state index contributed by atoms with van der Waals surface area (Å²) in [6.07, 6.45) is -6.66. The van der Waals surface area contributed by atoms with Crippen molar-refractivity contribution in [3.05, 3.63) is 108 Å². The van der Waals surface area contributed by atoms with Crippen molar-refractivity contribution in [2.24, 2.45) is 0 Å². The van der Waals surface area contributed by atoms with Gasteiger partial charge in [-0.1, -0.05) is 91.0 Å². The summed E-state index contributed by atoms with van der Waals surface area (Å²) in [4.78, 5) is 6.26. The molecule has 174 valence electrons. The quantitative estimate of drug-likeness (QED) is 0.389. The summed E-state index contributed by atoms with van der Waals surface area (Å²) in [5.41, 5.74) is 2.68. The van der Waals surface area contributed by atoms with Gasteiger partial charge in [0, 0.05) is 0 Å². The highest BCUT2D eigenvalue weighted by Crippen LogP contribution is 2.35. The van der Waals surface area contributed by atoms with E-state index in [1.54, 1.807) is 0 Å². The SMILES string of the molecule is OCC1O[C@@H](N(OCc2ccccc2)C(c2ccccc2)c2ccccc2)C(O)[C@@H](O)[C@@H]1O. The van der Waals surface area contributed by atoms with Crippen LogP contribution < -0.4 is 0 Å². The van der Waals surface area contributed by atoms with Crippen LogP contribution in [0, 0.1) is 0 Å². The second-order valence-corrected chi connectivity index (χ2v) is 8.06. The van der Waals surface area contributed by atoms with Crippen LogP contribution in [0.3, 0.4) is 0 Å². The molecular formula is C26H29NO6. The zero-order chi connectivity index (χ0) is 23.2. The van der Waals surface area contributed by atoms with E-state index in [-0.39, 0.29) is 6.61 Å². The van der Waals surface area contributed by atoms with Crippen LogP contribution in [0.15, 0.2) is 91.0 Å². The Morgan fingerprint density at radius 3 is 1.76 bits per heavy atom. The van der Waals surface area contributed by atoms with Crippen molar-refractivity contribution in [2.45, 2.75) is 43.3 Å². The summed E-state index contributed by atoms with van der Waals surface area (Å²) >= 11 is 0. The molecule has 0 saturated carbocycles. The summed E-state index contributed by atoms with van der Waals surface area (Å²) in [5.74, 6) is 0. The van der Waals surface area contributed by atoms with Gasteiger partial charge in [0.25, 0.3) is 0 Å². The first-order valence-electron chi connectivity index (χ1n) is 11.0. The van der Waals surface area contributed by atoms with Crippen molar-refractivity contribution in [1.82, 2.24) is 5.06 Å². The number of hydrogen-bond acceptors (Lipinski definition) is 7. The molecule has 0 radical (unpaired) electrons. The van der Waals surface area contributed by atoms with E-state index in [1.165, 1.54) is 5.06 Å². The Kier molecular flexibility index (Phi) is 7.85. The van der Waals surface area contributed by atoms with E-state index < -0.39 is 43.3 Å². The highest BCUT2D eigenvalue weighted by atomic mass is 16.7. The standard InChI is InChI=1S/C26H29NO6/c28-16-21-23(29)24(30)25(31)26(33-21)27(32-17-18-10-4-1-5-11-18)22(19-12-6-2-7-13-19)20-14-8-3-9-15-20/h1-15,21-26,28-31H,16-17H2/t21?,23-,24+,25?,26-/m1/s1. The van der Waals surface area contributed by atoms with Crippen LogP contribution in [0.5, 0.6) is 0 Å². The molecule has 0 aliphatic carbocycles. The van der Waals surface area contributed by atoms with Crippen LogP contribution in [0.2, 0.25) is 0 Å². The van der Waals surface area contributed by atoms with Gasteiger partial charge in [0.2, 0.25) is 0 Å². The van der Waals surface area contributed by atoms with E-state index >= 15 is 0 Å². The predicted octanol–water partition coefficient (Wildman–Crippen LogP) is 2.01. The topological polar surface area (TPSA) is 103 Å². The number of ether oxygens (including phenoxy) is 1. The minimum Gasteiger partial charge on any atom is -0.394 e. The zero-order valence-corrected chi connectivity index (χ0v) is 18.1. The summed E-state index contributed by atoms with van der Waals surface area (Å²) < 4.78 is 5.90. The lowest BCUT2D eigenvalue weighted by molar-refractivity contribution is -0.348. The van der Waals surface area contributed by atoms with Gasteiger partial charge < -0.3 is 25.2 Å². The first-order chi connectivity index (χ1) is 16.1. The van der Waals surface area contributed by atoms with Gasteiger partial charge in [0.05, 0.1) is 19.3 Å². The second kappa shape index (κ2) is 11.0. The fourth-order valence-corrected chi connectivity index (χ4v) is 4.07. The van der Waals surface area contributed by atoms with Gasteiger partial charge in [-0.25, -0.2) is 0 Å². The highest BCUT2D eigenvalue weighted by Gasteiger charge is 2.48. The molecule has 1 aliphatic rings. The van der Waals surface area contributed by atoms with Gasteiger partial charge in [-0.3, -0.25) is 4.84 Å². The van der Waals surface area contributed by atoms with Crippen LogP contribution in [0.25, 0.3) is 0 Å². The first kappa shape index (κ1) is 23.5. The molecule has 1 heterocycles. The third kappa shape index (κ3) is 5.31. The molecule has 3 aromatic rings. The van der Waals surface area contributed by atoms with Crippen molar-refractivity contribution < 1.29 is 30.0 Å². The van der Waals surface area contributed by atoms with Crippen LogP contribution in [0.4, 0.5) is 0 Å². The monoisotopic (exact) mass is 451 g/mol. The fraction of sp³-hybridized carbons (Fsp3) is 0.308. The van der Waals surface area contributed by atoms with Crippen LogP contribution >= 0.6 is 0 Å². The second-order valence-electron chi connectivity index (χ2n) is 8.06. The van der Waals surface area contributed by atoms with Gasteiger partial charge in [0.15, 0.2) is 6.23 Å². The summed E-state index contributed by atoms with van der Waals surface area (Å²) in [5, 5.41) is 42.9. The van der Waals surface area contributed by atoms with Crippen molar-refractivity contribution in [3.8, 4) is 0 Å². The number of hydrogen-bond donors (Lipinski definition) is 4. The van der Waals surface area contributed by atoms with Crippen molar-refractivity contribution in [2.75, 3.05) is 6.61 Å². The number of aliphatic hydroxyl groups is 4. The van der Waals surface area contributed by atoms with E-state index in [0.29, 0.717) is 0 Å². The molecule has 0 amide bonds. The molecule has 4 rings (SSSR count). The minimum absolute atomic E-state index is 0.187. The molecule has 0 bridgehead atoms. The fourth-order valence-electron chi connectivity index (χ4n) is 4.07. The number of nitrogens with zero attached hydrogens (tertiary/aromatic N) is 1.